The van der Waals surface area contributed by atoms with Crippen LogP contribution in [0.15, 0.2) is 78.9 Å². The zero-order valence-electron chi connectivity index (χ0n) is 22.2. The Kier molecular flexibility index (Phi) is 9.69. The van der Waals surface area contributed by atoms with E-state index in [-0.39, 0.29) is 38.4 Å². The number of carbonyl (C=O) groups excluding carboxylic acids is 3. The predicted molar refractivity (Wildman–Crippen MR) is 147 cm³/mol. The van der Waals surface area contributed by atoms with E-state index in [0.29, 0.717) is 6.42 Å². The lowest BCUT2D eigenvalue weighted by Crippen LogP contribution is -2.51. The summed E-state index contributed by atoms with van der Waals surface area (Å²) in [5.74, 6) is -1.19. The number of fused-ring (bicyclic) bond motifs is 3. The Hall–Kier alpha value is -4.17. The van der Waals surface area contributed by atoms with Crippen LogP contribution < -0.4 is 10.6 Å². The number of benzene rings is 3. The van der Waals surface area contributed by atoms with Crippen LogP contribution in [0.4, 0.5) is 4.79 Å². The standard InChI is InChI=1S/C31H34N2O6/c1-3-21(2)29(30(35)32-20-37-19-28(34)38-17-22-11-5-4-6-12-22)33-31(36)39-18-27-25-15-9-7-13-23(25)24-14-8-10-16-26(24)27/h4-16,21,27,29H,3,17-20H2,1-2H3,(H,32,35)(H,33,36)/t21-,29-/m0/s1. The molecule has 8 nitrogen and oxygen atoms in total. The van der Waals surface area contributed by atoms with Crippen LogP contribution >= 0.6 is 0 Å². The summed E-state index contributed by atoms with van der Waals surface area (Å²) in [6.07, 6.45) is -0.00303. The zero-order chi connectivity index (χ0) is 27.6. The summed E-state index contributed by atoms with van der Waals surface area (Å²) in [6, 6.07) is 24.7. The summed E-state index contributed by atoms with van der Waals surface area (Å²) in [4.78, 5) is 37.5. The number of rotatable bonds is 12. The number of nitrogens with one attached hydrogen (secondary N) is 2. The molecule has 0 saturated heterocycles. The minimum Gasteiger partial charge on any atom is -0.459 e. The van der Waals surface area contributed by atoms with Crippen LogP contribution in [-0.2, 0) is 30.4 Å². The van der Waals surface area contributed by atoms with E-state index in [1.165, 1.54) is 0 Å². The van der Waals surface area contributed by atoms with Crippen LogP contribution in [0.5, 0.6) is 0 Å². The van der Waals surface area contributed by atoms with Crippen molar-refractivity contribution in [2.75, 3.05) is 19.9 Å². The molecule has 0 spiro atoms. The molecule has 1 aliphatic rings. The fraction of sp³-hybridized carbons (Fsp3) is 0.323. The Morgan fingerprint density at radius 3 is 2.10 bits per heavy atom. The van der Waals surface area contributed by atoms with Crippen molar-refractivity contribution in [3.05, 3.63) is 95.6 Å². The number of esters is 1. The second-order valence-corrected chi connectivity index (χ2v) is 9.51. The predicted octanol–water partition coefficient (Wildman–Crippen LogP) is 4.77. The molecule has 2 N–H and O–H groups in total. The van der Waals surface area contributed by atoms with Gasteiger partial charge in [-0.2, -0.15) is 0 Å². The van der Waals surface area contributed by atoms with Crippen LogP contribution in [0.25, 0.3) is 11.1 Å². The first-order valence-electron chi connectivity index (χ1n) is 13.1. The van der Waals surface area contributed by atoms with Crippen molar-refractivity contribution in [3.8, 4) is 11.1 Å². The quantitative estimate of drug-likeness (QED) is 0.199. The van der Waals surface area contributed by atoms with E-state index < -0.39 is 24.0 Å². The van der Waals surface area contributed by atoms with E-state index in [9.17, 15) is 14.4 Å². The molecule has 0 saturated carbocycles. The van der Waals surface area contributed by atoms with Gasteiger partial charge in [0, 0.05) is 5.92 Å². The molecule has 0 fully saturated rings. The van der Waals surface area contributed by atoms with Crippen LogP contribution in [0.1, 0.15) is 42.9 Å². The Morgan fingerprint density at radius 2 is 1.46 bits per heavy atom. The molecule has 2 atom stereocenters. The first kappa shape index (κ1) is 27.9. The summed E-state index contributed by atoms with van der Waals surface area (Å²) >= 11 is 0. The van der Waals surface area contributed by atoms with E-state index >= 15 is 0 Å². The van der Waals surface area contributed by atoms with Gasteiger partial charge in [0.25, 0.3) is 0 Å². The second kappa shape index (κ2) is 13.6. The van der Waals surface area contributed by atoms with Crippen molar-refractivity contribution >= 4 is 18.0 Å². The molecule has 8 heteroatoms. The molecule has 39 heavy (non-hydrogen) atoms. The third kappa shape index (κ3) is 7.23. The van der Waals surface area contributed by atoms with Gasteiger partial charge in [0.2, 0.25) is 5.91 Å². The van der Waals surface area contributed by atoms with Gasteiger partial charge in [-0.25, -0.2) is 9.59 Å². The molecular formula is C31H34N2O6. The Labute approximate surface area is 228 Å². The summed E-state index contributed by atoms with van der Waals surface area (Å²) in [6.45, 7) is 3.61. The van der Waals surface area contributed by atoms with Gasteiger partial charge in [-0.1, -0.05) is 99.1 Å². The molecule has 3 aromatic carbocycles. The fourth-order valence-corrected chi connectivity index (χ4v) is 4.62. The molecule has 1 aliphatic carbocycles. The Morgan fingerprint density at radius 1 is 0.846 bits per heavy atom. The maximum absolute atomic E-state index is 12.8. The SMILES string of the molecule is CC[C@H](C)[C@H](NC(=O)OCC1c2ccccc2-c2ccccc21)C(=O)NCOCC(=O)OCc1ccccc1. The molecule has 3 aromatic rings. The van der Waals surface area contributed by atoms with Crippen molar-refractivity contribution in [3.63, 3.8) is 0 Å². The molecule has 0 radical (unpaired) electrons. The zero-order valence-corrected chi connectivity index (χ0v) is 22.2. The van der Waals surface area contributed by atoms with Gasteiger partial charge in [-0.15, -0.1) is 0 Å². The third-order valence-corrected chi connectivity index (χ3v) is 6.92. The van der Waals surface area contributed by atoms with Gasteiger partial charge in [-0.05, 0) is 33.7 Å². The summed E-state index contributed by atoms with van der Waals surface area (Å²) in [7, 11) is 0. The molecular weight excluding hydrogens is 496 g/mol. The van der Waals surface area contributed by atoms with E-state index in [4.69, 9.17) is 14.2 Å². The van der Waals surface area contributed by atoms with E-state index in [0.717, 1.165) is 27.8 Å². The van der Waals surface area contributed by atoms with Gasteiger partial charge in [0.05, 0.1) is 0 Å². The Balaban J connectivity index is 1.24. The van der Waals surface area contributed by atoms with E-state index in [1.54, 1.807) is 0 Å². The largest absolute Gasteiger partial charge is 0.459 e. The molecule has 0 unspecified atom stereocenters. The third-order valence-electron chi connectivity index (χ3n) is 6.92. The van der Waals surface area contributed by atoms with Crippen molar-refractivity contribution in [2.45, 2.75) is 38.8 Å². The average molecular weight is 531 g/mol. The van der Waals surface area contributed by atoms with Gasteiger partial charge >= 0.3 is 12.1 Å². The molecule has 204 valence electrons. The number of hydrogen-bond acceptors (Lipinski definition) is 6. The average Bonchev–Trinajstić information content (AvgIpc) is 3.29. The van der Waals surface area contributed by atoms with Gasteiger partial charge in [0.15, 0.2) is 0 Å². The highest BCUT2D eigenvalue weighted by atomic mass is 16.6. The highest BCUT2D eigenvalue weighted by molar-refractivity contribution is 5.86. The lowest BCUT2D eigenvalue weighted by Gasteiger charge is -2.23. The fourth-order valence-electron chi connectivity index (χ4n) is 4.62. The normalized spacial score (nSPS) is 13.5. The van der Waals surface area contributed by atoms with Crippen LogP contribution in [-0.4, -0.2) is 44.0 Å². The highest BCUT2D eigenvalue weighted by Gasteiger charge is 2.30. The first-order valence-corrected chi connectivity index (χ1v) is 13.1. The lowest BCUT2D eigenvalue weighted by molar-refractivity contribution is -0.151. The number of carbonyl (C=O) groups is 3. The van der Waals surface area contributed by atoms with Crippen molar-refractivity contribution < 1.29 is 28.6 Å². The number of hydrogen-bond donors (Lipinski definition) is 2. The molecule has 4 rings (SSSR count). The van der Waals surface area contributed by atoms with Crippen molar-refractivity contribution in [1.82, 2.24) is 10.6 Å². The molecule has 0 bridgehead atoms. The van der Waals surface area contributed by atoms with Gasteiger partial charge in [0.1, 0.15) is 32.6 Å². The highest BCUT2D eigenvalue weighted by Crippen LogP contribution is 2.44. The van der Waals surface area contributed by atoms with Gasteiger partial charge in [-0.3, -0.25) is 4.79 Å². The lowest BCUT2D eigenvalue weighted by atomic mass is 9.98. The Bertz CT molecular complexity index is 1230. The van der Waals surface area contributed by atoms with Crippen molar-refractivity contribution in [2.24, 2.45) is 5.92 Å². The number of ether oxygens (including phenoxy) is 3. The monoisotopic (exact) mass is 530 g/mol. The molecule has 0 heterocycles. The molecule has 0 aromatic heterocycles. The first-order chi connectivity index (χ1) is 19.0. The van der Waals surface area contributed by atoms with Crippen LogP contribution in [0, 0.1) is 5.92 Å². The van der Waals surface area contributed by atoms with Crippen LogP contribution in [0.3, 0.4) is 0 Å². The second-order valence-electron chi connectivity index (χ2n) is 9.51. The van der Waals surface area contributed by atoms with Crippen LogP contribution in [0.2, 0.25) is 0 Å². The summed E-state index contributed by atoms with van der Waals surface area (Å²) in [5.41, 5.74) is 5.38. The van der Waals surface area contributed by atoms with Crippen molar-refractivity contribution in [1.29, 1.82) is 0 Å². The number of alkyl carbamates (subject to hydrolysis) is 1. The molecule has 2 amide bonds. The van der Waals surface area contributed by atoms with E-state index in [2.05, 4.69) is 22.8 Å². The minimum absolute atomic E-state index is 0.0749. The minimum atomic E-state index is -0.820. The smallest absolute Gasteiger partial charge is 0.407 e. The van der Waals surface area contributed by atoms with Gasteiger partial charge < -0.3 is 24.8 Å². The summed E-state index contributed by atoms with van der Waals surface area (Å²) in [5, 5.41) is 5.32. The maximum atomic E-state index is 12.8. The summed E-state index contributed by atoms with van der Waals surface area (Å²) < 4.78 is 16.0. The maximum Gasteiger partial charge on any atom is 0.407 e. The molecule has 0 aliphatic heterocycles. The van der Waals surface area contributed by atoms with E-state index in [1.807, 2.05) is 80.6 Å². The topological polar surface area (TPSA) is 103 Å². The number of amides is 2.